The van der Waals surface area contributed by atoms with Crippen LogP contribution in [0.4, 0.5) is 11.4 Å². The molecule has 0 atom stereocenters. The van der Waals surface area contributed by atoms with Crippen LogP contribution >= 0.6 is 11.6 Å². The van der Waals surface area contributed by atoms with Crippen molar-refractivity contribution in [2.45, 2.75) is 0 Å². The summed E-state index contributed by atoms with van der Waals surface area (Å²) in [4.78, 5) is 32.0. The number of aldehydes is 1. The molecule has 0 aliphatic heterocycles. The molecule has 0 saturated carbocycles. The maximum Gasteiger partial charge on any atom is 0.270 e. The van der Waals surface area contributed by atoms with Gasteiger partial charge in [0.15, 0.2) is 6.29 Å². The molecule has 3 aromatic rings. The van der Waals surface area contributed by atoms with Crippen molar-refractivity contribution in [3.63, 3.8) is 0 Å². The van der Waals surface area contributed by atoms with Crippen molar-refractivity contribution in [3.8, 4) is 0 Å². The minimum atomic E-state index is -0.619. The molecule has 3 N–H and O–H groups in total. The number of non-ortho nitro benzene ring substituents is 1. The lowest BCUT2D eigenvalue weighted by atomic mass is 10.1. The first kappa shape index (κ1) is 18.1. The Kier molecular flexibility index (Phi) is 5.83. The van der Waals surface area contributed by atoms with Gasteiger partial charge in [0.1, 0.15) is 11.8 Å². The number of hydrogen-bond acceptors (Lipinski definition) is 7. The number of fused-ring (bicyclic) bond motifs is 1. The maximum absolute atomic E-state index is 11.6. The first-order valence-corrected chi connectivity index (χ1v) is 7.22. The Balaban J connectivity index is 0.000000212. The van der Waals surface area contributed by atoms with Gasteiger partial charge in [-0.2, -0.15) is 0 Å². The number of nitrogens with zero attached hydrogens (tertiary/aromatic N) is 1. The monoisotopic (exact) mass is 361 g/mol. The van der Waals surface area contributed by atoms with Crippen LogP contribution in [0.5, 0.6) is 0 Å². The van der Waals surface area contributed by atoms with Gasteiger partial charge >= 0.3 is 0 Å². The molecule has 0 saturated heterocycles. The van der Waals surface area contributed by atoms with Crippen molar-refractivity contribution >= 4 is 40.2 Å². The lowest BCUT2D eigenvalue weighted by Gasteiger charge is -1.99. The molecule has 0 aliphatic rings. The molecule has 8 nitrogen and oxygen atoms in total. The van der Waals surface area contributed by atoms with E-state index in [1.165, 1.54) is 12.1 Å². The quantitative estimate of drug-likeness (QED) is 0.317. The average Bonchev–Trinajstić information content (AvgIpc) is 2.63. The highest BCUT2D eigenvalue weighted by Crippen LogP contribution is 2.19. The summed E-state index contributed by atoms with van der Waals surface area (Å²) in [6.07, 6.45) is 1.38. The predicted octanol–water partition coefficient (Wildman–Crippen LogP) is 3.14. The minimum Gasteiger partial charge on any atom is -0.463 e. The SMILES string of the molecule is NNc1ccccc1Cl.O=Cc1coc2ccc([N+](=O)[O-])cc2c1=O. The zero-order chi connectivity index (χ0) is 18.4. The minimum absolute atomic E-state index is 0.0267. The second kappa shape index (κ2) is 8.04. The fourth-order valence-electron chi connectivity index (χ4n) is 1.91. The van der Waals surface area contributed by atoms with E-state index in [9.17, 15) is 19.7 Å². The van der Waals surface area contributed by atoms with Crippen molar-refractivity contribution in [3.05, 3.63) is 79.7 Å². The van der Waals surface area contributed by atoms with Crippen LogP contribution in [0.15, 0.2) is 57.9 Å². The van der Waals surface area contributed by atoms with Crippen molar-refractivity contribution in [2.24, 2.45) is 5.84 Å². The van der Waals surface area contributed by atoms with Crippen molar-refractivity contribution in [2.75, 3.05) is 5.43 Å². The number of anilines is 1. The van der Waals surface area contributed by atoms with Crippen LogP contribution in [-0.4, -0.2) is 11.2 Å². The number of benzene rings is 2. The van der Waals surface area contributed by atoms with Crippen molar-refractivity contribution < 1.29 is 14.1 Å². The van der Waals surface area contributed by atoms with E-state index in [1.54, 1.807) is 6.07 Å². The van der Waals surface area contributed by atoms with Gasteiger partial charge in [-0.15, -0.1) is 0 Å². The Morgan fingerprint density at radius 1 is 1.24 bits per heavy atom. The lowest BCUT2D eigenvalue weighted by Crippen LogP contribution is -2.07. The summed E-state index contributed by atoms with van der Waals surface area (Å²) >= 11 is 5.68. The maximum atomic E-state index is 11.6. The van der Waals surface area contributed by atoms with Gasteiger partial charge in [-0.3, -0.25) is 25.5 Å². The van der Waals surface area contributed by atoms with Gasteiger partial charge in [0.25, 0.3) is 5.69 Å². The molecule has 0 bridgehead atoms. The summed E-state index contributed by atoms with van der Waals surface area (Å²) < 4.78 is 5.00. The third-order valence-electron chi connectivity index (χ3n) is 3.15. The highest BCUT2D eigenvalue weighted by molar-refractivity contribution is 6.33. The highest BCUT2D eigenvalue weighted by atomic mass is 35.5. The fourth-order valence-corrected chi connectivity index (χ4v) is 2.10. The zero-order valence-corrected chi connectivity index (χ0v) is 13.4. The zero-order valence-electron chi connectivity index (χ0n) is 12.6. The number of hydrazine groups is 1. The lowest BCUT2D eigenvalue weighted by molar-refractivity contribution is -0.384. The van der Waals surface area contributed by atoms with Crippen LogP contribution < -0.4 is 16.7 Å². The van der Waals surface area contributed by atoms with Gasteiger partial charge in [-0.1, -0.05) is 23.7 Å². The fraction of sp³-hybridized carbons (Fsp3) is 0. The van der Waals surface area contributed by atoms with Gasteiger partial charge in [-0.05, 0) is 18.2 Å². The van der Waals surface area contributed by atoms with Gasteiger partial charge in [-0.25, -0.2) is 0 Å². The Morgan fingerprint density at radius 3 is 2.52 bits per heavy atom. The number of nitrogens with two attached hydrogens (primary N) is 1. The van der Waals surface area contributed by atoms with E-state index in [2.05, 4.69) is 5.43 Å². The molecule has 128 valence electrons. The average molecular weight is 362 g/mol. The smallest absolute Gasteiger partial charge is 0.270 e. The van der Waals surface area contributed by atoms with Crippen LogP contribution in [0.1, 0.15) is 10.4 Å². The number of carbonyl (C=O) groups is 1. The summed E-state index contributed by atoms with van der Waals surface area (Å²) in [7, 11) is 0. The Morgan fingerprint density at radius 2 is 1.96 bits per heavy atom. The number of nitro groups is 1. The molecule has 1 aromatic heterocycles. The molecular weight excluding hydrogens is 350 g/mol. The summed E-state index contributed by atoms with van der Waals surface area (Å²) in [6, 6.07) is 10.9. The van der Waals surface area contributed by atoms with Crippen molar-refractivity contribution in [1.29, 1.82) is 0 Å². The van der Waals surface area contributed by atoms with E-state index in [4.69, 9.17) is 21.9 Å². The second-order valence-corrected chi connectivity index (χ2v) is 5.11. The largest absolute Gasteiger partial charge is 0.463 e. The van der Waals surface area contributed by atoms with Gasteiger partial charge in [0.05, 0.1) is 26.6 Å². The summed E-state index contributed by atoms with van der Waals surface area (Å²) in [6.45, 7) is 0. The van der Waals surface area contributed by atoms with Crippen LogP contribution in [-0.2, 0) is 0 Å². The predicted molar refractivity (Wildman–Crippen MR) is 93.8 cm³/mol. The van der Waals surface area contributed by atoms with Gasteiger partial charge < -0.3 is 9.84 Å². The molecule has 0 fully saturated rings. The number of carbonyl (C=O) groups excluding carboxylic acids is 1. The van der Waals surface area contributed by atoms with E-state index < -0.39 is 10.4 Å². The molecule has 0 radical (unpaired) electrons. The summed E-state index contributed by atoms with van der Waals surface area (Å²) in [5.74, 6) is 5.12. The molecule has 2 aromatic carbocycles. The Labute approximate surface area is 145 Å². The number of hydrogen-bond donors (Lipinski definition) is 2. The molecule has 0 amide bonds. The number of para-hydroxylation sites is 1. The Hall–Kier alpha value is -3.23. The molecular formula is C16H12ClN3O5. The number of nitrogen functional groups attached to an aromatic ring is 1. The molecule has 0 spiro atoms. The summed E-state index contributed by atoms with van der Waals surface area (Å²) in [5.41, 5.74) is 2.47. The molecule has 0 aliphatic carbocycles. The van der Waals surface area contributed by atoms with Gasteiger partial charge in [0.2, 0.25) is 5.43 Å². The molecule has 25 heavy (non-hydrogen) atoms. The summed E-state index contributed by atoms with van der Waals surface area (Å²) in [5, 5.41) is 11.2. The number of nitrogens with one attached hydrogen (secondary N) is 1. The number of rotatable bonds is 3. The number of nitro benzene ring substituents is 1. The van der Waals surface area contributed by atoms with E-state index in [0.29, 0.717) is 11.3 Å². The standard InChI is InChI=1S/C10H5NO5.C6H7ClN2/c12-4-6-5-16-9-2-1-7(11(14)15)3-8(9)10(6)13;7-5-3-1-2-4-6(5)9-8/h1-5H;1-4,9H,8H2. The van der Waals surface area contributed by atoms with Gasteiger partial charge in [0, 0.05) is 12.1 Å². The first-order valence-electron chi connectivity index (χ1n) is 6.84. The van der Waals surface area contributed by atoms with E-state index in [1.807, 2.05) is 18.2 Å². The third-order valence-corrected chi connectivity index (χ3v) is 3.48. The van der Waals surface area contributed by atoms with Crippen LogP contribution in [0.3, 0.4) is 0 Å². The number of halogens is 1. The molecule has 9 heteroatoms. The Bertz CT molecular complexity index is 987. The van der Waals surface area contributed by atoms with E-state index >= 15 is 0 Å². The highest BCUT2D eigenvalue weighted by Gasteiger charge is 2.11. The van der Waals surface area contributed by atoms with Crippen LogP contribution in [0.2, 0.25) is 5.02 Å². The third kappa shape index (κ3) is 4.19. The van der Waals surface area contributed by atoms with Crippen LogP contribution in [0, 0.1) is 10.1 Å². The molecule has 1 heterocycles. The normalized spacial score (nSPS) is 9.84. The molecule has 3 rings (SSSR count). The first-order chi connectivity index (χ1) is 12.0. The van der Waals surface area contributed by atoms with E-state index in [0.717, 1.165) is 18.0 Å². The topological polar surface area (TPSA) is 128 Å². The van der Waals surface area contributed by atoms with Crippen LogP contribution in [0.25, 0.3) is 11.0 Å². The van der Waals surface area contributed by atoms with E-state index in [-0.39, 0.29) is 22.2 Å². The molecule has 0 unspecified atom stereocenters. The second-order valence-electron chi connectivity index (χ2n) is 4.70. The van der Waals surface area contributed by atoms with Crippen molar-refractivity contribution in [1.82, 2.24) is 0 Å².